The molecule has 1 N–H and O–H groups in total. The zero-order valence-corrected chi connectivity index (χ0v) is 12.6. The van der Waals surface area contributed by atoms with E-state index in [2.05, 4.69) is 25.7 Å². The van der Waals surface area contributed by atoms with Crippen LogP contribution in [0, 0.1) is 11.8 Å². The van der Waals surface area contributed by atoms with Crippen LogP contribution >= 0.6 is 11.3 Å². The Morgan fingerprint density at radius 3 is 2.79 bits per heavy atom. The van der Waals surface area contributed by atoms with E-state index in [4.69, 9.17) is 5.11 Å². The monoisotopic (exact) mass is 279 g/mol. The Morgan fingerprint density at radius 1 is 1.47 bits per heavy atom. The molecule has 1 heterocycles. The smallest absolute Gasteiger partial charge is 0.264 e. The average molecular weight is 279 g/mol. The van der Waals surface area contributed by atoms with Crippen molar-refractivity contribution in [3.63, 3.8) is 0 Å². The van der Waals surface area contributed by atoms with Gasteiger partial charge in [0.25, 0.3) is 5.91 Å². The number of rotatable bonds is 5. The Kier molecular flexibility index (Phi) is 6.61. The summed E-state index contributed by atoms with van der Waals surface area (Å²) in [6.45, 7) is 6.94. The molecule has 0 saturated heterocycles. The van der Waals surface area contributed by atoms with Crippen LogP contribution in [0.5, 0.6) is 0 Å². The number of carbonyl (C=O) groups is 1. The first kappa shape index (κ1) is 15.7. The summed E-state index contributed by atoms with van der Waals surface area (Å²) in [7, 11) is 0. The van der Waals surface area contributed by atoms with E-state index in [1.807, 2.05) is 24.0 Å². The Morgan fingerprint density at radius 2 is 2.21 bits per heavy atom. The van der Waals surface area contributed by atoms with Crippen molar-refractivity contribution in [2.75, 3.05) is 13.2 Å². The molecule has 0 bridgehead atoms. The van der Waals surface area contributed by atoms with E-state index in [9.17, 15) is 4.79 Å². The lowest BCUT2D eigenvalue weighted by Crippen LogP contribution is -2.37. The largest absolute Gasteiger partial charge is 0.395 e. The lowest BCUT2D eigenvalue weighted by molar-refractivity contribution is 0.0705. The summed E-state index contributed by atoms with van der Waals surface area (Å²) in [5.41, 5.74) is 0. The van der Waals surface area contributed by atoms with Crippen molar-refractivity contribution in [1.29, 1.82) is 0 Å². The molecule has 1 rings (SSSR count). The molecule has 1 aromatic rings. The molecule has 0 aromatic carbocycles. The maximum atomic E-state index is 12.4. The first-order valence-electron chi connectivity index (χ1n) is 6.64. The van der Waals surface area contributed by atoms with Gasteiger partial charge in [0.15, 0.2) is 0 Å². The highest BCUT2D eigenvalue weighted by atomic mass is 32.1. The van der Waals surface area contributed by atoms with E-state index in [1.54, 1.807) is 0 Å². The SMILES string of the molecule is CCC(C)N(CC)C(=O)c1ccc(C#CCCO)s1. The summed E-state index contributed by atoms with van der Waals surface area (Å²) in [6, 6.07) is 3.96. The average Bonchev–Trinajstić information content (AvgIpc) is 2.88. The van der Waals surface area contributed by atoms with Crippen molar-refractivity contribution in [2.45, 2.75) is 39.7 Å². The lowest BCUT2D eigenvalue weighted by atomic mass is 10.2. The summed E-state index contributed by atoms with van der Waals surface area (Å²) in [4.78, 5) is 15.9. The summed E-state index contributed by atoms with van der Waals surface area (Å²) in [6.07, 6.45) is 1.42. The van der Waals surface area contributed by atoms with Crippen LogP contribution in [0.25, 0.3) is 0 Å². The van der Waals surface area contributed by atoms with Crippen molar-refractivity contribution < 1.29 is 9.90 Å². The van der Waals surface area contributed by atoms with Crippen LogP contribution in [0.15, 0.2) is 12.1 Å². The first-order chi connectivity index (χ1) is 9.13. The Bertz CT molecular complexity index is 470. The standard InChI is InChI=1S/C15H21NO2S/c1-4-12(3)16(5-2)15(18)14-10-9-13(19-14)8-6-7-11-17/h9-10,12,17H,4-5,7,11H2,1-3H3. The van der Waals surface area contributed by atoms with E-state index in [1.165, 1.54) is 11.3 Å². The van der Waals surface area contributed by atoms with Gasteiger partial charge in [-0.15, -0.1) is 11.3 Å². The fourth-order valence-electron chi connectivity index (χ4n) is 1.74. The van der Waals surface area contributed by atoms with Gasteiger partial charge in [-0.1, -0.05) is 18.8 Å². The Hall–Kier alpha value is -1.31. The molecule has 0 aliphatic heterocycles. The normalized spacial score (nSPS) is 11.6. The molecule has 0 spiro atoms. The van der Waals surface area contributed by atoms with Crippen LogP contribution < -0.4 is 0 Å². The summed E-state index contributed by atoms with van der Waals surface area (Å²) in [5, 5.41) is 8.67. The zero-order chi connectivity index (χ0) is 14.3. The summed E-state index contributed by atoms with van der Waals surface area (Å²) in [5.74, 6) is 5.91. The third-order valence-corrected chi connectivity index (χ3v) is 3.98. The second-order valence-corrected chi connectivity index (χ2v) is 5.37. The summed E-state index contributed by atoms with van der Waals surface area (Å²) < 4.78 is 0. The Balaban J connectivity index is 2.80. The molecule has 19 heavy (non-hydrogen) atoms. The number of amides is 1. The first-order valence-corrected chi connectivity index (χ1v) is 7.46. The minimum absolute atomic E-state index is 0.0712. The van der Waals surface area contributed by atoms with Gasteiger partial charge in [-0.05, 0) is 32.4 Å². The molecular formula is C15H21NO2S. The third-order valence-electron chi connectivity index (χ3n) is 2.99. The maximum absolute atomic E-state index is 12.4. The fraction of sp³-hybridized carbons (Fsp3) is 0.533. The summed E-state index contributed by atoms with van der Waals surface area (Å²) >= 11 is 1.42. The maximum Gasteiger partial charge on any atom is 0.264 e. The second-order valence-electron chi connectivity index (χ2n) is 4.29. The molecule has 104 valence electrons. The number of thiophene rings is 1. The number of hydrogen-bond donors (Lipinski definition) is 1. The minimum Gasteiger partial charge on any atom is -0.395 e. The van der Waals surface area contributed by atoms with Gasteiger partial charge in [-0.25, -0.2) is 0 Å². The van der Waals surface area contributed by atoms with Crippen molar-refractivity contribution in [3.05, 3.63) is 21.9 Å². The fourth-order valence-corrected chi connectivity index (χ4v) is 2.58. The quantitative estimate of drug-likeness (QED) is 0.842. The van der Waals surface area contributed by atoms with Crippen molar-refractivity contribution in [3.8, 4) is 11.8 Å². The molecule has 1 aromatic heterocycles. The van der Waals surface area contributed by atoms with E-state index in [0.29, 0.717) is 6.42 Å². The van der Waals surface area contributed by atoms with E-state index in [0.717, 1.165) is 22.7 Å². The molecule has 0 aliphatic rings. The van der Waals surface area contributed by atoms with Crippen LogP contribution in [-0.2, 0) is 0 Å². The van der Waals surface area contributed by atoms with Gasteiger partial charge in [-0.2, -0.15) is 0 Å². The number of aliphatic hydroxyl groups is 1. The molecule has 4 heteroatoms. The van der Waals surface area contributed by atoms with Crippen molar-refractivity contribution >= 4 is 17.2 Å². The van der Waals surface area contributed by atoms with Gasteiger partial charge in [0.2, 0.25) is 0 Å². The molecule has 0 aliphatic carbocycles. The number of aliphatic hydroxyl groups excluding tert-OH is 1. The zero-order valence-electron chi connectivity index (χ0n) is 11.8. The van der Waals surface area contributed by atoms with Crippen molar-refractivity contribution in [2.24, 2.45) is 0 Å². The third kappa shape index (κ3) is 4.38. The number of hydrogen-bond acceptors (Lipinski definition) is 3. The van der Waals surface area contributed by atoms with Gasteiger partial charge >= 0.3 is 0 Å². The van der Waals surface area contributed by atoms with Gasteiger partial charge in [0.1, 0.15) is 0 Å². The topological polar surface area (TPSA) is 40.5 Å². The van der Waals surface area contributed by atoms with Crippen molar-refractivity contribution in [1.82, 2.24) is 4.90 Å². The lowest BCUT2D eigenvalue weighted by Gasteiger charge is -2.26. The highest BCUT2D eigenvalue weighted by Gasteiger charge is 2.19. The van der Waals surface area contributed by atoms with Crippen LogP contribution in [0.3, 0.4) is 0 Å². The molecule has 1 atom stereocenters. The van der Waals surface area contributed by atoms with Crippen LogP contribution in [-0.4, -0.2) is 35.1 Å². The minimum atomic E-state index is 0.0712. The molecule has 0 fully saturated rings. The van der Waals surface area contributed by atoms with Gasteiger partial charge in [0.05, 0.1) is 16.4 Å². The molecular weight excluding hydrogens is 258 g/mol. The molecule has 1 unspecified atom stereocenters. The molecule has 1 amide bonds. The molecule has 0 radical (unpaired) electrons. The molecule has 3 nitrogen and oxygen atoms in total. The predicted molar refractivity (Wildman–Crippen MR) is 79.4 cm³/mol. The van der Waals surface area contributed by atoms with Gasteiger partial charge in [0, 0.05) is 19.0 Å². The Labute approximate surface area is 119 Å². The van der Waals surface area contributed by atoms with E-state index >= 15 is 0 Å². The van der Waals surface area contributed by atoms with Gasteiger partial charge < -0.3 is 10.0 Å². The molecule has 0 saturated carbocycles. The highest BCUT2D eigenvalue weighted by Crippen LogP contribution is 2.19. The van der Waals surface area contributed by atoms with E-state index < -0.39 is 0 Å². The number of carbonyl (C=O) groups excluding carboxylic acids is 1. The van der Waals surface area contributed by atoms with Crippen LogP contribution in [0.2, 0.25) is 0 Å². The van der Waals surface area contributed by atoms with E-state index in [-0.39, 0.29) is 18.6 Å². The number of nitrogens with zero attached hydrogens (tertiary/aromatic N) is 1. The predicted octanol–water partition coefficient (Wildman–Crippen LogP) is 2.74. The highest BCUT2D eigenvalue weighted by molar-refractivity contribution is 7.14. The van der Waals surface area contributed by atoms with Crippen LogP contribution in [0.1, 0.15) is 48.2 Å². The van der Waals surface area contributed by atoms with Crippen LogP contribution in [0.4, 0.5) is 0 Å². The van der Waals surface area contributed by atoms with Gasteiger partial charge in [-0.3, -0.25) is 4.79 Å². The second kappa shape index (κ2) is 7.98.